The molecule has 3 heterocycles. The second-order valence-electron chi connectivity index (χ2n) is 9.58. The van der Waals surface area contributed by atoms with Crippen LogP contribution in [0.4, 0.5) is 0 Å². The first kappa shape index (κ1) is 21.3. The maximum Gasteiger partial charge on any atom is 0.252 e. The zero-order valence-corrected chi connectivity index (χ0v) is 18.3. The minimum atomic E-state index is -0.0236. The van der Waals surface area contributed by atoms with Crippen molar-refractivity contribution in [1.82, 2.24) is 20.1 Å². The predicted octanol–water partition coefficient (Wildman–Crippen LogP) is 3.05. The average Bonchev–Trinajstić information content (AvgIpc) is 3.61. The number of carbonyl (C=O) groups is 2. The molecule has 1 aromatic rings. The van der Waals surface area contributed by atoms with Crippen LogP contribution in [0.25, 0.3) is 0 Å². The van der Waals surface area contributed by atoms with E-state index in [1.165, 1.54) is 25.7 Å². The molecular weight excluding hydrogens is 376 g/mol. The zero-order valence-electron chi connectivity index (χ0n) is 18.3. The van der Waals surface area contributed by atoms with Gasteiger partial charge in [0.05, 0.1) is 5.56 Å². The summed E-state index contributed by atoms with van der Waals surface area (Å²) in [6, 6.07) is 3.88. The third-order valence-corrected chi connectivity index (χ3v) is 6.95. The molecule has 6 heteroatoms. The Bertz CT molecular complexity index is 723. The highest BCUT2D eigenvalue weighted by Gasteiger charge is 2.26. The molecule has 4 rings (SSSR count). The smallest absolute Gasteiger partial charge is 0.252 e. The molecule has 3 fully saturated rings. The first-order valence-electron chi connectivity index (χ1n) is 11.8. The van der Waals surface area contributed by atoms with Gasteiger partial charge in [0, 0.05) is 57.0 Å². The van der Waals surface area contributed by atoms with E-state index >= 15 is 0 Å². The molecule has 164 valence electrons. The predicted molar refractivity (Wildman–Crippen MR) is 117 cm³/mol. The van der Waals surface area contributed by atoms with Gasteiger partial charge < -0.3 is 15.1 Å². The van der Waals surface area contributed by atoms with Gasteiger partial charge in [0.2, 0.25) is 5.91 Å². The van der Waals surface area contributed by atoms with Crippen molar-refractivity contribution < 1.29 is 9.59 Å². The molecule has 1 atom stereocenters. The van der Waals surface area contributed by atoms with Gasteiger partial charge >= 0.3 is 0 Å². The Morgan fingerprint density at radius 2 is 1.90 bits per heavy atom. The number of piperidine rings is 2. The lowest BCUT2D eigenvalue weighted by Gasteiger charge is -2.34. The SMILES string of the molecule is C[C@H]1CCCN(CCC(=O)N2CCC(c3ccc(C(=O)NCC4CC4)cn3)CC2)C1. The molecule has 0 aromatic carbocycles. The molecule has 0 unspecified atom stereocenters. The highest BCUT2D eigenvalue weighted by molar-refractivity contribution is 5.93. The molecule has 0 radical (unpaired) electrons. The van der Waals surface area contributed by atoms with E-state index < -0.39 is 0 Å². The third-order valence-electron chi connectivity index (χ3n) is 6.95. The lowest BCUT2D eigenvalue weighted by molar-refractivity contribution is -0.132. The van der Waals surface area contributed by atoms with Gasteiger partial charge in [-0.05, 0) is 69.0 Å². The maximum atomic E-state index is 12.6. The summed E-state index contributed by atoms with van der Waals surface area (Å²) in [6.45, 7) is 7.88. The Morgan fingerprint density at radius 3 is 2.57 bits per heavy atom. The molecule has 0 spiro atoms. The van der Waals surface area contributed by atoms with E-state index in [9.17, 15) is 9.59 Å². The van der Waals surface area contributed by atoms with Crippen LogP contribution < -0.4 is 5.32 Å². The fraction of sp³-hybridized carbons (Fsp3) is 0.708. The quantitative estimate of drug-likeness (QED) is 0.748. The summed E-state index contributed by atoms with van der Waals surface area (Å²) in [6.07, 6.45) is 9.29. The van der Waals surface area contributed by atoms with Crippen molar-refractivity contribution in [2.24, 2.45) is 11.8 Å². The molecule has 2 saturated heterocycles. The molecule has 1 aromatic heterocycles. The van der Waals surface area contributed by atoms with Gasteiger partial charge in [0.25, 0.3) is 5.91 Å². The van der Waals surface area contributed by atoms with Crippen molar-refractivity contribution >= 4 is 11.8 Å². The van der Waals surface area contributed by atoms with Crippen molar-refractivity contribution in [1.29, 1.82) is 0 Å². The highest BCUT2D eigenvalue weighted by atomic mass is 16.2. The molecule has 30 heavy (non-hydrogen) atoms. The fourth-order valence-corrected chi connectivity index (χ4v) is 4.77. The van der Waals surface area contributed by atoms with Crippen LogP contribution in [0, 0.1) is 11.8 Å². The van der Waals surface area contributed by atoms with Crippen molar-refractivity contribution in [2.75, 3.05) is 39.3 Å². The Balaban J connectivity index is 1.20. The van der Waals surface area contributed by atoms with Crippen LogP contribution in [0.1, 0.15) is 73.8 Å². The van der Waals surface area contributed by atoms with Crippen molar-refractivity contribution in [2.45, 2.75) is 57.8 Å². The molecule has 2 amide bonds. The Labute approximate surface area is 180 Å². The number of rotatable bonds is 7. The van der Waals surface area contributed by atoms with Crippen LogP contribution in [0.15, 0.2) is 18.3 Å². The first-order valence-corrected chi connectivity index (χ1v) is 11.8. The van der Waals surface area contributed by atoms with Crippen LogP contribution in [0.2, 0.25) is 0 Å². The lowest BCUT2D eigenvalue weighted by atomic mass is 9.92. The van der Waals surface area contributed by atoms with Crippen LogP contribution >= 0.6 is 0 Å². The number of nitrogens with zero attached hydrogens (tertiary/aromatic N) is 3. The summed E-state index contributed by atoms with van der Waals surface area (Å²) in [5, 5.41) is 2.99. The van der Waals surface area contributed by atoms with E-state index in [0.717, 1.165) is 63.7 Å². The molecule has 6 nitrogen and oxygen atoms in total. The van der Waals surface area contributed by atoms with Crippen molar-refractivity contribution in [3.05, 3.63) is 29.6 Å². The summed E-state index contributed by atoms with van der Waals surface area (Å²) < 4.78 is 0. The average molecular weight is 413 g/mol. The van der Waals surface area contributed by atoms with Gasteiger partial charge in [-0.2, -0.15) is 0 Å². The third kappa shape index (κ3) is 5.81. The summed E-state index contributed by atoms with van der Waals surface area (Å²) in [7, 11) is 0. The highest BCUT2D eigenvalue weighted by Crippen LogP contribution is 2.28. The van der Waals surface area contributed by atoms with E-state index in [0.29, 0.717) is 29.7 Å². The number of hydrogen-bond donors (Lipinski definition) is 1. The van der Waals surface area contributed by atoms with Crippen LogP contribution in [0.3, 0.4) is 0 Å². The van der Waals surface area contributed by atoms with Crippen LogP contribution in [-0.4, -0.2) is 65.9 Å². The molecule has 3 aliphatic rings. The number of amides is 2. The van der Waals surface area contributed by atoms with Crippen LogP contribution in [-0.2, 0) is 4.79 Å². The monoisotopic (exact) mass is 412 g/mol. The topological polar surface area (TPSA) is 65.5 Å². The second-order valence-corrected chi connectivity index (χ2v) is 9.58. The van der Waals surface area contributed by atoms with Gasteiger partial charge in [-0.3, -0.25) is 14.6 Å². The summed E-state index contributed by atoms with van der Waals surface area (Å²) >= 11 is 0. The van der Waals surface area contributed by atoms with Gasteiger partial charge in [0.1, 0.15) is 0 Å². The fourth-order valence-electron chi connectivity index (χ4n) is 4.77. The molecule has 0 bridgehead atoms. The number of hydrogen-bond acceptors (Lipinski definition) is 4. The minimum absolute atomic E-state index is 0.0236. The van der Waals surface area contributed by atoms with E-state index in [-0.39, 0.29) is 5.91 Å². The number of likely N-dealkylation sites (tertiary alicyclic amines) is 2. The number of aromatic nitrogens is 1. The number of carbonyl (C=O) groups excluding carboxylic acids is 2. The van der Waals surface area contributed by atoms with Crippen molar-refractivity contribution in [3.8, 4) is 0 Å². The molecule has 1 saturated carbocycles. The summed E-state index contributed by atoms with van der Waals surface area (Å²) in [5.41, 5.74) is 1.68. The van der Waals surface area contributed by atoms with Crippen molar-refractivity contribution in [3.63, 3.8) is 0 Å². The Hall–Kier alpha value is -1.95. The molecule has 1 N–H and O–H groups in total. The summed E-state index contributed by atoms with van der Waals surface area (Å²) in [5.74, 6) is 2.08. The summed E-state index contributed by atoms with van der Waals surface area (Å²) in [4.78, 5) is 33.9. The molecule has 2 aliphatic heterocycles. The lowest BCUT2D eigenvalue weighted by Crippen LogP contribution is -2.41. The number of nitrogens with one attached hydrogen (secondary N) is 1. The largest absolute Gasteiger partial charge is 0.352 e. The van der Waals surface area contributed by atoms with Gasteiger partial charge in [-0.15, -0.1) is 0 Å². The van der Waals surface area contributed by atoms with E-state index in [4.69, 9.17) is 0 Å². The first-order chi connectivity index (χ1) is 14.6. The van der Waals surface area contributed by atoms with E-state index in [1.807, 2.05) is 17.0 Å². The molecular formula is C24H36N4O2. The standard InChI is InChI=1S/C24H36N4O2/c1-18-3-2-11-27(17-18)12-10-23(29)28-13-8-20(9-14-28)22-7-6-21(16-25-22)24(30)26-15-19-4-5-19/h6-7,16,18-20H,2-5,8-15,17H2,1H3,(H,26,30)/t18-/m0/s1. The van der Waals surface area contributed by atoms with Gasteiger partial charge in [0.15, 0.2) is 0 Å². The van der Waals surface area contributed by atoms with Gasteiger partial charge in [-0.25, -0.2) is 0 Å². The zero-order chi connectivity index (χ0) is 20.9. The Morgan fingerprint density at radius 1 is 1.10 bits per heavy atom. The van der Waals surface area contributed by atoms with Crippen LogP contribution in [0.5, 0.6) is 0 Å². The van der Waals surface area contributed by atoms with E-state index in [1.54, 1.807) is 6.20 Å². The second kappa shape index (κ2) is 9.90. The maximum absolute atomic E-state index is 12.6. The molecule has 1 aliphatic carbocycles. The Kier molecular flexibility index (Phi) is 7.03. The minimum Gasteiger partial charge on any atom is -0.352 e. The van der Waals surface area contributed by atoms with Gasteiger partial charge in [-0.1, -0.05) is 6.92 Å². The van der Waals surface area contributed by atoms with E-state index in [2.05, 4.69) is 22.1 Å². The normalized spacial score (nSPS) is 23.4. The number of pyridine rings is 1.